The van der Waals surface area contributed by atoms with Crippen LogP contribution in [0.1, 0.15) is 64.9 Å². The molecular formula is C29H36FN5O4. The summed E-state index contributed by atoms with van der Waals surface area (Å²) in [4.78, 5) is 46.0. The van der Waals surface area contributed by atoms with E-state index in [1.807, 2.05) is 9.80 Å². The number of nitriles is 1. The van der Waals surface area contributed by atoms with Crippen LogP contribution in [0.4, 0.5) is 9.18 Å². The van der Waals surface area contributed by atoms with Crippen LogP contribution in [0.25, 0.3) is 0 Å². The summed E-state index contributed by atoms with van der Waals surface area (Å²) in [5.41, 5.74) is -0.169. The van der Waals surface area contributed by atoms with Gasteiger partial charge in [-0.2, -0.15) is 5.26 Å². The number of rotatable bonds is 6. The summed E-state index contributed by atoms with van der Waals surface area (Å²) in [7, 11) is 0. The number of fused-ring (bicyclic) bond motifs is 3. The molecule has 1 aromatic carbocycles. The zero-order chi connectivity index (χ0) is 27.7. The van der Waals surface area contributed by atoms with Crippen molar-refractivity contribution in [3.05, 3.63) is 35.6 Å². The monoisotopic (exact) mass is 537 g/mol. The van der Waals surface area contributed by atoms with Gasteiger partial charge < -0.3 is 19.9 Å². The quantitative estimate of drug-likeness (QED) is 0.598. The Morgan fingerprint density at radius 1 is 1.21 bits per heavy atom. The van der Waals surface area contributed by atoms with E-state index in [0.29, 0.717) is 25.3 Å². The average molecular weight is 538 g/mol. The van der Waals surface area contributed by atoms with Crippen molar-refractivity contribution in [2.75, 3.05) is 13.1 Å². The van der Waals surface area contributed by atoms with Crippen LogP contribution in [-0.4, -0.2) is 81.5 Å². The molecule has 0 aromatic heterocycles. The van der Waals surface area contributed by atoms with E-state index in [2.05, 4.69) is 11.4 Å². The Bertz CT molecular complexity index is 1220. The minimum atomic E-state index is -0.926. The highest BCUT2D eigenvalue weighted by molar-refractivity contribution is 5.89. The normalized spacial score (nSPS) is 31.4. The summed E-state index contributed by atoms with van der Waals surface area (Å²) in [6.07, 6.45) is 4.23. The molecule has 5 aliphatic rings. The first-order valence-corrected chi connectivity index (χ1v) is 14.1. The molecule has 2 bridgehead atoms. The number of hydrogen-bond donors (Lipinski definition) is 1. The summed E-state index contributed by atoms with van der Waals surface area (Å²) in [5.74, 6) is -0.205. The van der Waals surface area contributed by atoms with Crippen LogP contribution in [-0.2, 0) is 19.9 Å². The molecule has 3 saturated heterocycles. The molecule has 2 aliphatic carbocycles. The van der Waals surface area contributed by atoms with Crippen LogP contribution in [0, 0.1) is 23.1 Å². The molecule has 208 valence electrons. The van der Waals surface area contributed by atoms with Crippen molar-refractivity contribution in [2.45, 2.75) is 101 Å². The summed E-state index contributed by atoms with van der Waals surface area (Å²) in [6, 6.07) is 6.96. The molecule has 5 fully saturated rings. The van der Waals surface area contributed by atoms with Gasteiger partial charge in [-0.05, 0) is 82.9 Å². The highest BCUT2D eigenvalue weighted by Crippen LogP contribution is 2.52. The van der Waals surface area contributed by atoms with Gasteiger partial charge in [0, 0.05) is 25.2 Å². The molecule has 0 spiro atoms. The topological polar surface area (TPSA) is 106 Å². The van der Waals surface area contributed by atoms with E-state index < -0.39 is 29.3 Å². The Hall–Kier alpha value is -3.19. The standard InChI is InChI=1S/C29H36FN5O4/c1-28(2,3)39-27(38)32-22(25(36)34-20(14-31)11-17-12-23(17)34)16-33-15-21-13-24(33)26(37)35(21)29(9-4-10-29)18-5-7-19(30)8-6-18/h5-8,17,20-24H,4,9-13,15-16H2,1-3H3,(H,32,38)/t17-,20+,21+,22+,23+,24+/m1/s1. The Balaban J connectivity index is 1.20. The van der Waals surface area contributed by atoms with Crippen molar-refractivity contribution < 1.29 is 23.5 Å². The fourth-order valence-corrected chi connectivity index (χ4v) is 7.31. The lowest BCUT2D eigenvalue weighted by Gasteiger charge is -2.53. The summed E-state index contributed by atoms with van der Waals surface area (Å²) in [6.45, 7) is 6.04. The largest absolute Gasteiger partial charge is 0.444 e. The number of nitrogens with zero attached hydrogens (tertiary/aromatic N) is 4. The predicted molar refractivity (Wildman–Crippen MR) is 138 cm³/mol. The minimum Gasteiger partial charge on any atom is -0.444 e. The molecule has 39 heavy (non-hydrogen) atoms. The Kier molecular flexibility index (Phi) is 6.14. The number of amides is 3. The maximum atomic E-state index is 13.8. The summed E-state index contributed by atoms with van der Waals surface area (Å²) < 4.78 is 19.1. The highest BCUT2D eigenvalue weighted by Gasteiger charge is 2.60. The van der Waals surface area contributed by atoms with Crippen LogP contribution in [0.5, 0.6) is 0 Å². The van der Waals surface area contributed by atoms with Crippen LogP contribution in [0.15, 0.2) is 24.3 Å². The van der Waals surface area contributed by atoms with Crippen LogP contribution < -0.4 is 5.32 Å². The van der Waals surface area contributed by atoms with Crippen molar-refractivity contribution in [2.24, 2.45) is 5.92 Å². The summed E-state index contributed by atoms with van der Waals surface area (Å²) >= 11 is 0. The number of alkyl carbamates (subject to hydrolysis) is 1. The van der Waals surface area contributed by atoms with E-state index in [1.54, 1.807) is 37.8 Å². The fraction of sp³-hybridized carbons (Fsp3) is 0.655. The van der Waals surface area contributed by atoms with Crippen molar-refractivity contribution >= 4 is 17.9 Å². The fourth-order valence-electron chi connectivity index (χ4n) is 7.31. The minimum absolute atomic E-state index is 0.0170. The Labute approximate surface area is 228 Å². The lowest BCUT2D eigenvalue weighted by Crippen LogP contribution is -2.63. The number of hydrogen-bond acceptors (Lipinski definition) is 6. The van der Waals surface area contributed by atoms with Gasteiger partial charge in [0.1, 0.15) is 23.5 Å². The lowest BCUT2D eigenvalue weighted by molar-refractivity contribution is -0.150. The number of nitrogens with one attached hydrogen (secondary N) is 1. The highest BCUT2D eigenvalue weighted by atomic mass is 19.1. The number of likely N-dealkylation sites (tertiary alicyclic amines) is 3. The van der Waals surface area contributed by atoms with E-state index in [0.717, 1.165) is 31.2 Å². The van der Waals surface area contributed by atoms with Gasteiger partial charge in [-0.15, -0.1) is 0 Å². The van der Waals surface area contributed by atoms with Gasteiger partial charge in [-0.1, -0.05) is 12.1 Å². The second kappa shape index (κ2) is 9.19. The van der Waals surface area contributed by atoms with E-state index in [-0.39, 0.29) is 42.3 Å². The van der Waals surface area contributed by atoms with Crippen LogP contribution >= 0.6 is 0 Å². The maximum Gasteiger partial charge on any atom is 0.408 e. The van der Waals surface area contributed by atoms with Gasteiger partial charge in [-0.3, -0.25) is 14.5 Å². The van der Waals surface area contributed by atoms with E-state index >= 15 is 0 Å². The smallest absolute Gasteiger partial charge is 0.408 e. The number of carbonyl (C=O) groups is 3. The van der Waals surface area contributed by atoms with Crippen molar-refractivity contribution in [3.63, 3.8) is 0 Å². The number of ether oxygens (including phenoxy) is 1. The summed E-state index contributed by atoms with van der Waals surface area (Å²) in [5, 5.41) is 12.4. The number of piperidine rings is 1. The SMILES string of the molecule is CC(C)(C)OC(=O)N[C@@H](CN1C[C@@H]2C[C@H]1C(=O)N2C1(c2ccc(F)cc2)CCC1)C(=O)N1[C@H](C#N)C[C@@H]2C[C@@H]21. The molecule has 6 rings (SSSR count). The number of piperazine rings is 1. The lowest BCUT2D eigenvalue weighted by atomic mass is 9.70. The first kappa shape index (κ1) is 26.1. The average Bonchev–Trinajstić information content (AvgIpc) is 3.16. The maximum absolute atomic E-state index is 13.8. The Morgan fingerprint density at radius 3 is 2.51 bits per heavy atom. The second-order valence-electron chi connectivity index (χ2n) is 12.8. The van der Waals surface area contributed by atoms with E-state index in [1.165, 1.54) is 12.1 Å². The van der Waals surface area contributed by atoms with Gasteiger partial charge in [0.15, 0.2) is 0 Å². The zero-order valence-corrected chi connectivity index (χ0v) is 22.7. The molecule has 10 heteroatoms. The van der Waals surface area contributed by atoms with Gasteiger partial charge in [0.05, 0.1) is 17.6 Å². The molecule has 3 heterocycles. The van der Waals surface area contributed by atoms with E-state index in [9.17, 15) is 24.0 Å². The van der Waals surface area contributed by atoms with Gasteiger partial charge in [-0.25, -0.2) is 9.18 Å². The predicted octanol–water partition coefficient (Wildman–Crippen LogP) is 2.90. The van der Waals surface area contributed by atoms with Gasteiger partial charge in [0.2, 0.25) is 11.8 Å². The van der Waals surface area contributed by atoms with Gasteiger partial charge in [0.25, 0.3) is 0 Å². The third-order valence-electron chi connectivity index (χ3n) is 9.21. The van der Waals surface area contributed by atoms with Crippen molar-refractivity contribution in [1.29, 1.82) is 5.26 Å². The van der Waals surface area contributed by atoms with Crippen LogP contribution in [0.2, 0.25) is 0 Å². The third kappa shape index (κ3) is 4.45. The molecule has 9 nitrogen and oxygen atoms in total. The van der Waals surface area contributed by atoms with Crippen molar-refractivity contribution in [3.8, 4) is 6.07 Å². The molecule has 3 aliphatic heterocycles. The molecule has 1 aromatic rings. The Morgan fingerprint density at radius 2 is 1.92 bits per heavy atom. The first-order chi connectivity index (χ1) is 18.5. The first-order valence-electron chi connectivity index (χ1n) is 14.1. The molecular weight excluding hydrogens is 501 g/mol. The third-order valence-corrected chi connectivity index (χ3v) is 9.21. The molecule has 2 saturated carbocycles. The number of benzene rings is 1. The second-order valence-corrected chi connectivity index (χ2v) is 12.8. The van der Waals surface area contributed by atoms with Crippen LogP contribution in [0.3, 0.4) is 0 Å². The molecule has 6 atom stereocenters. The van der Waals surface area contributed by atoms with Gasteiger partial charge >= 0.3 is 6.09 Å². The zero-order valence-electron chi connectivity index (χ0n) is 22.7. The molecule has 1 N–H and O–H groups in total. The molecule has 3 amide bonds. The molecule has 0 unspecified atom stereocenters. The molecule has 0 radical (unpaired) electrons. The number of halogens is 1. The van der Waals surface area contributed by atoms with Crippen molar-refractivity contribution in [1.82, 2.24) is 20.0 Å². The number of carbonyl (C=O) groups excluding carboxylic acids is 3. The van der Waals surface area contributed by atoms with E-state index in [4.69, 9.17) is 4.74 Å².